The fourth-order valence-corrected chi connectivity index (χ4v) is 5.60. The number of benzene rings is 2. The fourth-order valence-electron chi connectivity index (χ4n) is 3.29. The molecule has 0 fully saturated rings. The molecule has 2 aromatic carbocycles. The molecule has 5 rings (SSSR count). The molecule has 3 heterocycles. The molecule has 1 N–H and O–H groups in total. The molecule has 0 aliphatic heterocycles. The van der Waals surface area contributed by atoms with Gasteiger partial charge in [-0.3, -0.25) is 0 Å². The number of para-hydroxylation sites is 2. The van der Waals surface area contributed by atoms with Crippen LogP contribution in [0.4, 0.5) is 11.5 Å². The molecule has 0 atom stereocenters. The van der Waals surface area contributed by atoms with Crippen molar-refractivity contribution in [1.82, 2.24) is 19.8 Å². The van der Waals surface area contributed by atoms with Crippen LogP contribution in [0.5, 0.6) is 5.75 Å². The molecule has 5 aromatic rings. The second kappa shape index (κ2) is 8.15. The molecule has 0 radical (unpaired) electrons. The normalized spacial score (nSPS) is 11.8. The summed E-state index contributed by atoms with van der Waals surface area (Å²) in [5, 5.41) is 13.1. The van der Waals surface area contributed by atoms with Gasteiger partial charge in [0.2, 0.25) is 14.9 Å². The summed E-state index contributed by atoms with van der Waals surface area (Å²) in [7, 11) is -3.92. The standard InChI is InChI=1S/C21H16BrN5O3S2/c1-2-30-17-6-4-3-5-15(17)23-19-18-16(11-12-31-18)27-20(24-19)21(25-26-27)32(28,29)14-9-7-13(22)8-10-14/h3-12H,2H2,1H3,(H,23,24). The summed E-state index contributed by atoms with van der Waals surface area (Å²) in [4.78, 5) is 4.75. The zero-order chi connectivity index (χ0) is 22.3. The molecule has 162 valence electrons. The lowest BCUT2D eigenvalue weighted by Crippen LogP contribution is -2.05. The number of fused-ring (bicyclic) bond motifs is 3. The van der Waals surface area contributed by atoms with Crippen LogP contribution < -0.4 is 10.1 Å². The lowest BCUT2D eigenvalue weighted by atomic mass is 10.3. The molecule has 11 heteroatoms. The Kier molecular flexibility index (Phi) is 5.31. The van der Waals surface area contributed by atoms with Crippen molar-refractivity contribution in [3.63, 3.8) is 0 Å². The van der Waals surface area contributed by atoms with E-state index in [4.69, 9.17) is 4.74 Å². The molecule has 0 unspecified atom stereocenters. The fraction of sp³-hybridized carbons (Fsp3) is 0.0952. The first-order valence-corrected chi connectivity index (χ1v) is 12.8. The lowest BCUT2D eigenvalue weighted by molar-refractivity contribution is 0.342. The highest BCUT2D eigenvalue weighted by Gasteiger charge is 2.27. The monoisotopic (exact) mass is 529 g/mol. The molecule has 32 heavy (non-hydrogen) atoms. The van der Waals surface area contributed by atoms with Crippen molar-refractivity contribution in [1.29, 1.82) is 0 Å². The van der Waals surface area contributed by atoms with Gasteiger partial charge in [-0.15, -0.1) is 16.4 Å². The predicted octanol–water partition coefficient (Wildman–Crippen LogP) is 5.08. The quantitative estimate of drug-likeness (QED) is 0.327. The van der Waals surface area contributed by atoms with Gasteiger partial charge < -0.3 is 10.1 Å². The van der Waals surface area contributed by atoms with E-state index in [2.05, 4.69) is 36.5 Å². The molecule has 0 amide bonds. The molecular weight excluding hydrogens is 514 g/mol. The summed E-state index contributed by atoms with van der Waals surface area (Å²) >= 11 is 4.80. The number of hydrogen-bond acceptors (Lipinski definition) is 8. The van der Waals surface area contributed by atoms with E-state index >= 15 is 0 Å². The Morgan fingerprint density at radius 1 is 1.12 bits per heavy atom. The molecule has 0 saturated heterocycles. The number of anilines is 2. The van der Waals surface area contributed by atoms with Crippen LogP contribution >= 0.6 is 27.3 Å². The lowest BCUT2D eigenvalue weighted by Gasteiger charge is -2.12. The largest absolute Gasteiger partial charge is 0.492 e. The highest BCUT2D eigenvalue weighted by atomic mass is 79.9. The number of halogens is 1. The van der Waals surface area contributed by atoms with Crippen LogP contribution in [0.15, 0.2) is 74.4 Å². The first-order chi connectivity index (χ1) is 15.5. The smallest absolute Gasteiger partial charge is 0.229 e. The van der Waals surface area contributed by atoms with E-state index in [1.807, 2.05) is 42.6 Å². The van der Waals surface area contributed by atoms with Gasteiger partial charge in [0, 0.05) is 4.47 Å². The summed E-state index contributed by atoms with van der Waals surface area (Å²) in [6, 6.07) is 15.7. The maximum absolute atomic E-state index is 13.3. The van der Waals surface area contributed by atoms with Gasteiger partial charge in [0.15, 0.2) is 11.5 Å². The average molecular weight is 530 g/mol. The van der Waals surface area contributed by atoms with Crippen LogP contribution in [0, 0.1) is 0 Å². The number of hydrogen-bond donors (Lipinski definition) is 1. The minimum Gasteiger partial charge on any atom is -0.492 e. The zero-order valence-electron chi connectivity index (χ0n) is 16.7. The molecule has 8 nitrogen and oxygen atoms in total. The number of aromatic nitrogens is 4. The van der Waals surface area contributed by atoms with Gasteiger partial charge >= 0.3 is 0 Å². The van der Waals surface area contributed by atoms with Crippen molar-refractivity contribution in [2.75, 3.05) is 11.9 Å². The third-order valence-electron chi connectivity index (χ3n) is 4.74. The molecule has 0 bridgehead atoms. The van der Waals surface area contributed by atoms with Crippen LogP contribution in [0.3, 0.4) is 0 Å². The Balaban J connectivity index is 1.69. The number of rotatable bonds is 6. The minimum atomic E-state index is -3.92. The Bertz CT molecular complexity index is 1550. The first kappa shape index (κ1) is 20.9. The highest BCUT2D eigenvalue weighted by molar-refractivity contribution is 9.10. The molecule has 0 aliphatic rings. The maximum atomic E-state index is 13.3. The second-order valence-corrected chi connectivity index (χ2v) is 10.4. The average Bonchev–Trinajstić information content (AvgIpc) is 3.43. The summed E-state index contributed by atoms with van der Waals surface area (Å²) < 4.78 is 35.3. The summed E-state index contributed by atoms with van der Waals surface area (Å²) in [5.74, 6) is 1.18. The van der Waals surface area contributed by atoms with Gasteiger partial charge in [-0.05, 0) is 54.8 Å². The molecular formula is C21H16BrN5O3S2. The third kappa shape index (κ3) is 3.51. The third-order valence-corrected chi connectivity index (χ3v) is 7.85. The van der Waals surface area contributed by atoms with Gasteiger partial charge in [0.25, 0.3) is 0 Å². The van der Waals surface area contributed by atoms with E-state index in [9.17, 15) is 8.42 Å². The number of nitrogens with zero attached hydrogens (tertiary/aromatic N) is 4. The van der Waals surface area contributed by atoms with E-state index < -0.39 is 9.84 Å². The van der Waals surface area contributed by atoms with Crippen molar-refractivity contribution < 1.29 is 13.2 Å². The van der Waals surface area contributed by atoms with E-state index in [1.165, 1.54) is 28.0 Å². The van der Waals surface area contributed by atoms with Gasteiger partial charge in [0.1, 0.15) is 5.75 Å². The zero-order valence-corrected chi connectivity index (χ0v) is 19.9. The van der Waals surface area contributed by atoms with Crippen molar-refractivity contribution >= 4 is 64.5 Å². The molecule has 0 spiro atoms. The van der Waals surface area contributed by atoms with Crippen molar-refractivity contribution in [2.24, 2.45) is 0 Å². The summed E-state index contributed by atoms with van der Waals surface area (Å²) in [6.07, 6.45) is 0. The number of sulfone groups is 1. The number of nitrogens with one attached hydrogen (secondary N) is 1. The Hall–Kier alpha value is -3.02. The predicted molar refractivity (Wildman–Crippen MR) is 127 cm³/mol. The van der Waals surface area contributed by atoms with E-state index in [0.29, 0.717) is 23.7 Å². The molecule has 0 aliphatic carbocycles. The Morgan fingerprint density at radius 2 is 1.91 bits per heavy atom. The minimum absolute atomic E-state index is 0.117. The van der Waals surface area contributed by atoms with Gasteiger partial charge in [-0.25, -0.2) is 13.4 Å². The van der Waals surface area contributed by atoms with Crippen LogP contribution in [-0.2, 0) is 9.84 Å². The van der Waals surface area contributed by atoms with Crippen molar-refractivity contribution in [3.8, 4) is 5.75 Å². The molecule has 3 aromatic heterocycles. The Labute approximate surface area is 195 Å². The van der Waals surface area contributed by atoms with E-state index in [-0.39, 0.29) is 15.6 Å². The van der Waals surface area contributed by atoms with Gasteiger partial charge in [-0.2, -0.15) is 4.52 Å². The highest BCUT2D eigenvalue weighted by Crippen LogP contribution is 2.35. The van der Waals surface area contributed by atoms with Gasteiger partial charge in [-0.1, -0.05) is 33.3 Å². The summed E-state index contributed by atoms with van der Waals surface area (Å²) in [5.41, 5.74) is 1.59. The van der Waals surface area contributed by atoms with Crippen LogP contribution in [0.25, 0.3) is 15.9 Å². The van der Waals surface area contributed by atoms with Crippen LogP contribution in [-0.4, -0.2) is 34.8 Å². The second-order valence-electron chi connectivity index (χ2n) is 6.74. The number of ether oxygens (including phenoxy) is 1. The number of thiophene rings is 1. The van der Waals surface area contributed by atoms with Crippen molar-refractivity contribution in [3.05, 3.63) is 64.5 Å². The molecule has 0 saturated carbocycles. The summed E-state index contributed by atoms with van der Waals surface area (Å²) in [6.45, 7) is 2.43. The van der Waals surface area contributed by atoms with E-state index in [1.54, 1.807) is 12.1 Å². The SMILES string of the molecule is CCOc1ccccc1Nc1nc2c(S(=O)(=O)c3ccc(Br)cc3)nnn2c2ccsc12. The maximum Gasteiger partial charge on any atom is 0.229 e. The van der Waals surface area contributed by atoms with Crippen LogP contribution in [0.2, 0.25) is 0 Å². The topological polar surface area (TPSA) is 98.5 Å². The van der Waals surface area contributed by atoms with Crippen LogP contribution in [0.1, 0.15) is 6.92 Å². The van der Waals surface area contributed by atoms with E-state index in [0.717, 1.165) is 14.9 Å². The van der Waals surface area contributed by atoms with Gasteiger partial charge in [0.05, 0.1) is 27.4 Å². The first-order valence-electron chi connectivity index (χ1n) is 9.61. The van der Waals surface area contributed by atoms with Crippen molar-refractivity contribution in [2.45, 2.75) is 16.8 Å². The Morgan fingerprint density at radius 3 is 2.69 bits per heavy atom.